The average molecular weight is 247 g/mol. The summed E-state index contributed by atoms with van der Waals surface area (Å²) in [6, 6.07) is 4.63. The summed E-state index contributed by atoms with van der Waals surface area (Å²) in [5.74, 6) is 0.476. The third-order valence-corrected chi connectivity index (χ3v) is 3.20. The molecule has 0 radical (unpaired) electrons. The van der Waals surface area contributed by atoms with Gasteiger partial charge in [0.05, 0.1) is 18.6 Å². The Morgan fingerprint density at radius 2 is 2.00 bits per heavy atom. The molecule has 94 valence electrons. The van der Waals surface area contributed by atoms with Crippen LogP contribution >= 0.6 is 0 Å². The van der Waals surface area contributed by atoms with Gasteiger partial charge < -0.3 is 15.4 Å². The Hall–Kier alpha value is -1.88. The lowest BCUT2D eigenvalue weighted by Gasteiger charge is -2.29. The van der Waals surface area contributed by atoms with Crippen LogP contribution in [0.5, 0.6) is 0 Å². The molecule has 1 aromatic heterocycles. The molecule has 1 aromatic carbocycles. The van der Waals surface area contributed by atoms with E-state index in [1.54, 1.807) is 18.3 Å². The first-order valence-electron chi connectivity index (χ1n) is 5.93. The van der Waals surface area contributed by atoms with Crippen molar-refractivity contribution >= 4 is 22.3 Å². The molecule has 0 aliphatic carbocycles. The maximum absolute atomic E-state index is 13.8. The second-order valence-corrected chi connectivity index (χ2v) is 4.29. The molecule has 1 aliphatic heterocycles. The summed E-state index contributed by atoms with van der Waals surface area (Å²) in [7, 11) is 0. The third kappa shape index (κ3) is 1.76. The number of morpholine rings is 1. The third-order valence-electron chi connectivity index (χ3n) is 3.20. The van der Waals surface area contributed by atoms with Crippen molar-refractivity contribution in [3.63, 3.8) is 0 Å². The quantitative estimate of drug-likeness (QED) is 0.781. The Kier molecular flexibility index (Phi) is 2.76. The van der Waals surface area contributed by atoms with E-state index < -0.39 is 0 Å². The van der Waals surface area contributed by atoms with E-state index in [2.05, 4.69) is 9.88 Å². The number of hydrogen-bond donors (Lipinski definition) is 1. The highest BCUT2D eigenvalue weighted by molar-refractivity contribution is 6.01. The molecule has 0 spiro atoms. The fourth-order valence-electron chi connectivity index (χ4n) is 2.29. The number of ether oxygens (including phenoxy) is 1. The van der Waals surface area contributed by atoms with Crippen LogP contribution in [0.15, 0.2) is 24.4 Å². The van der Waals surface area contributed by atoms with Crippen molar-refractivity contribution in [1.82, 2.24) is 4.98 Å². The number of rotatable bonds is 1. The molecule has 0 saturated carbocycles. The number of anilines is 2. The zero-order chi connectivity index (χ0) is 12.5. The first-order chi connectivity index (χ1) is 8.77. The Morgan fingerprint density at radius 1 is 1.22 bits per heavy atom. The van der Waals surface area contributed by atoms with Gasteiger partial charge in [0, 0.05) is 30.4 Å². The SMILES string of the molecule is Nc1ccc(F)c2ccnc(N3CCOCC3)c12. The van der Waals surface area contributed by atoms with Gasteiger partial charge in [0.2, 0.25) is 0 Å². The molecule has 0 amide bonds. The first-order valence-corrected chi connectivity index (χ1v) is 5.93. The zero-order valence-electron chi connectivity index (χ0n) is 9.90. The number of nitrogens with two attached hydrogens (primary N) is 1. The summed E-state index contributed by atoms with van der Waals surface area (Å²) in [4.78, 5) is 6.44. The van der Waals surface area contributed by atoms with Gasteiger partial charge >= 0.3 is 0 Å². The van der Waals surface area contributed by atoms with E-state index >= 15 is 0 Å². The standard InChI is InChI=1S/C13H14FN3O/c14-10-1-2-11(15)12-9(10)3-4-16-13(12)17-5-7-18-8-6-17/h1-4H,5-8,15H2. The van der Waals surface area contributed by atoms with Gasteiger partial charge in [0.25, 0.3) is 0 Å². The highest BCUT2D eigenvalue weighted by Gasteiger charge is 2.17. The first kappa shape index (κ1) is 11.2. The number of benzene rings is 1. The molecule has 3 rings (SSSR count). The average Bonchev–Trinajstić information content (AvgIpc) is 2.43. The minimum absolute atomic E-state index is 0.267. The van der Waals surface area contributed by atoms with E-state index in [9.17, 15) is 4.39 Å². The maximum Gasteiger partial charge on any atom is 0.138 e. The van der Waals surface area contributed by atoms with Gasteiger partial charge in [-0.3, -0.25) is 0 Å². The predicted octanol–water partition coefficient (Wildman–Crippen LogP) is 1.79. The van der Waals surface area contributed by atoms with Crippen molar-refractivity contribution in [2.45, 2.75) is 0 Å². The highest BCUT2D eigenvalue weighted by Crippen LogP contribution is 2.31. The molecule has 5 heteroatoms. The van der Waals surface area contributed by atoms with Crippen LogP contribution in [0.2, 0.25) is 0 Å². The fourth-order valence-corrected chi connectivity index (χ4v) is 2.29. The molecule has 1 aliphatic rings. The lowest BCUT2D eigenvalue weighted by atomic mass is 10.1. The molecule has 2 aromatic rings. The molecule has 4 nitrogen and oxygen atoms in total. The van der Waals surface area contributed by atoms with Crippen molar-refractivity contribution in [3.05, 3.63) is 30.2 Å². The van der Waals surface area contributed by atoms with Gasteiger partial charge in [-0.2, -0.15) is 0 Å². The molecule has 0 atom stereocenters. The molecule has 2 heterocycles. The van der Waals surface area contributed by atoms with Crippen molar-refractivity contribution in [3.8, 4) is 0 Å². The maximum atomic E-state index is 13.8. The molecule has 2 N–H and O–H groups in total. The number of pyridine rings is 1. The lowest BCUT2D eigenvalue weighted by Crippen LogP contribution is -2.36. The molecule has 0 bridgehead atoms. The van der Waals surface area contributed by atoms with Crippen molar-refractivity contribution in [2.24, 2.45) is 0 Å². The summed E-state index contributed by atoms with van der Waals surface area (Å²) in [6.45, 7) is 2.82. The van der Waals surface area contributed by atoms with Gasteiger partial charge in [-0.05, 0) is 18.2 Å². The van der Waals surface area contributed by atoms with Crippen LogP contribution in [-0.4, -0.2) is 31.3 Å². The van der Waals surface area contributed by atoms with E-state index in [0.717, 1.165) is 18.9 Å². The molecular weight excluding hydrogens is 233 g/mol. The van der Waals surface area contributed by atoms with Gasteiger partial charge in [-0.1, -0.05) is 0 Å². The topological polar surface area (TPSA) is 51.4 Å². The van der Waals surface area contributed by atoms with Gasteiger partial charge in [-0.15, -0.1) is 0 Å². The number of fused-ring (bicyclic) bond motifs is 1. The number of nitrogens with zero attached hydrogens (tertiary/aromatic N) is 2. The molecule has 1 fully saturated rings. The summed E-state index contributed by atoms with van der Waals surface area (Å²) in [5, 5.41) is 1.21. The summed E-state index contributed by atoms with van der Waals surface area (Å²) < 4.78 is 19.1. The van der Waals surface area contributed by atoms with Gasteiger partial charge in [-0.25, -0.2) is 9.37 Å². The van der Waals surface area contributed by atoms with Crippen LogP contribution in [0.1, 0.15) is 0 Å². The van der Waals surface area contributed by atoms with E-state index in [-0.39, 0.29) is 5.82 Å². The normalized spacial score (nSPS) is 16.2. The van der Waals surface area contributed by atoms with Crippen LogP contribution in [0.4, 0.5) is 15.9 Å². The molecular formula is C13H14FN3O. The smallest absolute Gasteiger partial charge is 0.138 e. The fraction of sp³-hybridized carbons (Fsp3) is 0.308. The lowest BCUT2D eigenvalue weighted by molar-refractivity contribution is 0.122. The zero-order valence-corrected chi connectivity index (χ0v) is 9.90. The summed E-state index contributed by atoms with van der Waals surface area (Å²) in [5.41, 5.74) is 6.52. The molecule has 18 heavy (non-hydrogen) atoms. The Morgan fingerprint density at radius 3 is 2.78 bits per heavy atom. The second-order valence-electron chi connectivity index (χ2n) is 4.29. The highest BCUT2D eigenvalue weighted by atomic mass is 19.1. The van der Waals surface area contributed by atoms with Crippen LogP contribution in [-0.2, 0) is 4.74 Å². The Bertz CT molecular complexity index is 582. The predicted molar refractivity (Wildman–Crippen MR) is 69.1 cm³/mol. The summed E-state index contributed by atoms with van der Waals surface area (Å²) in [6.07, 6.45) is 1.62. The Balaban J connectivity index is 2.19. The number of nitrogen functional groups attached to an aromatic ring is 1. The van der Waals surface area contributed by atoms with Crippen LogP contribution in [0.3, 0.4) is 0 Å². The second kappa shape index (κ2) is 4.42. The summed E-state index contributed by atoms with van der Waals surface area (Å²) >= 11 is 0. The van der Waals surface area contributed by atoms with E-state index in [0.29, 0.717) is 29.7 Å². The largest absolute Gasteiger partial charge is 0.398 e. The molecule has 0 unspecified atom stereocenters. The van der Waals surface area contributed by atoms with E-state index in [1.165, 1.54) is 6.07 Å². The molecule has 1 saturated heterocycles. The van der Waals surface area contributed by atoms with Crippen molar-refractivity contribution < 1.29 is 9.13 Å². The Labute approximate surface area is 104 Å². The minimum atomic E-state index is -0.267. The van der Waals surface area contributed by atoms with Crippen molar-refractivity contribution in [2.75, 3.05) is 36.9 Å². The van der Waals surface area contributed by atoms with Crippen LogP contribution in [0, 0.1) is 5.82 Å². The monoisotopic (exact) mass is 247 g/mol. The van der Waals surface area contributed by atoms with Crippen LogP contribution in [0.25, 0.3) is 10.8 Å². The number of hydrogen-bond acceptors (Lipinski definition) is 4. The number of aromatic nitrogens is 1. The van der Waals surface area contributed by atoms with Crippen molar-refractivity contribution in [1.29, 1.82) is 0 Å². The minimum Gasteiger partial charge on any atom is -0.398 e. The van der Waals surface area contributed by atoms with Crippen LogP contribution < -0.4 is 10.6 Å². The van der Waals surface area contributed by atoms with Gasteiger partial charge in [0.15, 0.2) is 0 Å². The number of halogens is 1. The van der Waals surface area contributed by atoms with Gasteiger partial charge in [0.1, 0.15) is 11.6 Å². The van der Waals surface area contributed by atoms with E-state index in [4.69, 9.17) is 10.5 Å². The van der Waals surface area contributed by atoms with E-state index in [1.807, 2.05) is 0 Å².